The molecule has 0 bridgehead atoms. The van der Waals surface area contributed by atoms with E-state index in [2.05, 4.69) is 4.74 Å². The second-order valence-electron chi connectivity index (χ2n) is 5.27. The highest BCUT2D eigenvalue weighted by Crippen LogP contribution is 2.39. The molecule has 0 saturated carbocycles. The molecule has 2 rings (SSSR count). The lowest BCUT2D eigenvalue weighted by molar-refractivity contribution is -0.260. The third-order valence-corrected chi connectivity index (χ3v) is 4.47. The van der Waals surface area contributed by atoms with Crippen LogP contribution >= 0.6 is 0 Å². The van der Waals surface area contributed by atoms with E-state index in [0.29, 0.717) is 11.1 Å². The lowest BCUT2D eigenvalue weighted by Crippen LogP contribution is -2.52. The molecule has 1 atom stereocenters. The van der Waals surface area contributed by atoms with Crippen molar-refractivity contribution in [1.29, 1.82) is 0 Å². The van der Waals surface area contributed by atoms with Crippen LogP contribution in [0, 0.1) is 5.92 Å². The van der Waals surface area contributed by atoms with Crippen molar-refractivity contribution in [3.05, 3.63) is 35.4 Å². The van der Waals surface area contributed by atoms with Gasteiger partial charge < -0.3 is 4.74 Å². The monoisotopic (exact) mass is 374 g/mol. The van der Waals surface area contributed by atoms with Gasteiger partial charge >= 0.3 is 27.5 Å². The Morgan fingerprint density at radius 3 is 1.96 bits per heavy atom. The first kappa shape index (κ1) is 18.6. The molecule has 1 aromatic rings. The summed E-state index contributed by atoms with van der Waals surface area (Å²) in [6, 6.07) is 6.52. The molecule has 0 fully saturated rings. The van der Waals surface area contributed by atoms with Gasteiger partial charge in [0.2, 0.25) is 0 Å². The second-order valence-corrected chi connectivity index (χ2v) is 6.76. The Balaban J connectivity index is 2.21. The molecule has 24 heavy (non-hydrogen) atoms. The average molecular weight is 374 g/mol. The number of hydrogen-bond donors (Lipinski definition) is 1. The Bertz CT molecular complexity index is 718. The van der Waals surface area contributed by atoms with Crippen LogP contribution in [0.5, 0.6) is 0 Å². The number of fused-ring (bicyclic) bond motifs is 1. The van der Waals surface area contributed by atoms with Crippen molar-refractivity contribution in [2.75, 3.05) is 0 Å². The van der Waals surface area contributed by atoms with Gasteiger partial charge in [0.1, 0.15) is 0 Å². The number of esters is 1. The largest absolute Gasteiger partial charge is 0.444 e. The standard InChI is InChI=1S/C13H11F5O5S/c14-12(15,16)11(13(17,18)24(20,21)22)23-10(19)9-5-7-3-1-2-4-8(7)6-9/h1-4,9,11H,5-6H2,(H,20,21,22). The Hall–Kier alpha value is -1.75. The molecule has 0 heterocycles. The number of carbonyl (C=O) groups excluding carboxylic acids is 1. The lowest BCUT2D eigenvalue weighted by atomic mass is 10.1. The summed E-state index contributed by atoms with van der Waals surface area (Å²) in [7, 11) is -6.44. The maximum Gasteiger partial charge on any atom is 0.432 e. The van der Waals surface area contributed by atoms with Gasteiger partial charge in [0.25, 0.3) is 6.10 Å². The van der Waals surface area contributed by atoms with Crippen molar-refractivity contribution in [3.8, 4) is 0 Å². The third-order valence-electron chi connectivity index (χ3n) is 3.56. The number of ether oxygens (including phenoxy) is 1. The Morgan fingerprint density at radius 2 is 1.58 bits per heavy atom. The van der Waals surface area contributed by atoms with E-state index in [0.717, 1.165) is 0 Å². The van der Waals surface area contributed by atoms with Crippen molar-refractivity contribution in [1.82, 2.24) is 0 Å². The SMILES string of the molecule is O=C(OC(C(F)(F)F)C(F)(F)S(=O)(=O)O)C1Cc2ccccc2C1. The zero-order valence-corrected chi connectivity index (χ0v) is 12.6. The van der Waals surface area contributed by atoms with Crippen LogP contribution in [0.4, 0.5) is 22.0 Å². The number of benzene rings is 1. The van der Waals surface area contributed by atoms with Gasteiger partial charge in [-0.05, 0) is 24.0 Å². The molecule has 0 radical (unpaired) electrons. The molecule has 0 spiro atoms. The Morgan fingerprint density at radius 1 is 1.12 bits per heavy atom. The fourth-order valence-corrected chi connectivity index (χ4v) is 2.85. The highest BCUT2D eigenvalue weighted by Gasteiger charge is 2.66. The predicted molar refractivity (Wildman–Crippen MR) is 69.8 cm³/mol. The summed E-state index contributed by atoms with van der Waals surface area (Å²) in [5.74, 6) is -2.76. The van der Waals surface area contributed by atoms with E-state index < -0.39 is 39.5 Å². The van der Waals surface area contributed by atoms with Gasteiger partial charge in [-0.3, -0.25) is 9.35 Å². The third kappa shape index (κ3) is 3.51. The minimum Gasteiger partial charge on any atom is -0.444 e. The summed E-state index contributed by atoms with van der Waals surface area (Å²) in [6.45, 7) is 0. The van der Waals surface area contributed by atoms with Gasteiger partial charge in [-0.15, -0.1) is 0 Å². The molecule has 0 amide bonds. The minimum atomic E-state index is -6.44. The summed E-state index contributed by atoms with van der Waals surface area (Å²) in [5, 5.41) is -5.72. The van der Waals surface area contributed by atoms with E-state index in [1.54, 1.807) is 24.3 Å². The lowest BCUT2D eigenvalue weighted by Gasteiger charge is -2.27. The van der Waals surface area contributed by atoms with Crippen molar-refractivity contribution in [2.45, 2.75) is 30.4 Å². The summed E-state index contributed by atoms with van der Waals surface area (Å²) in [6.07, 6.45) is -10.2. The minimum absolute atomic E-state index is 0.0168. The Labute approximate surface area is 133 Å². The van der Waals surface area contributed by atoms with Crippen LogP contribution in [0.1, 0.15) is 11.1 Å². The molecule has 1 aromatic carbocycles. The maximum absolute atomic E-state index is 13.4. The first-order valence-corrected chi connectivity index (χ1v) is 7.97. The maximum atomic E-state index is 13.4. The number of rotatable bonds is 4. The highest BCUT2D eigenvalue weighted by molar-refractivity contribution is 7.86. The van der Waals surface area contributed by atoms with Gasteiger partial charge in [-0.1, -0.05) is 24.3 Å². The summed E-state index contributed by atoms with van der Waals surface area (Å²) in [5.41, 5.74) is 1.31. The zero-order chi connectivity index (χ0) is 18.3. The molecule has 0 saturated heterocycles. The summed E-state index contributed by atoms with van der Waals surface area (Å²) >= 11 is 0. The topological polar surface area (TPSA) is 80.7 Å². The van der Waals surface area contributed by atoms with E-state index >= 15 is 0 Å². The van der Waals surface area contributed by atoms with Crippen LogP contribution in [0.25, 0.3) is 0 Å². The van der Waals surface area contributed by atoms with Gasteiger partial charge in [0, 0.05) is 0 Å². The van der Waals surface area contributed by atoms with Gasteiger partial charge in [-0.25, -0.2) is 0 Å². The summed E-state index contributed by atoms with van der Waals surface area (Å²) < 4.78 is 98.1. The van der Waals surface area contributed by atoms with Crippen molar-refractivity contribution in [2.24, 2.45) is 5.92 Å². The van der Waals surface area contributed by atoms with Crippen molar-refractivity contribution >= 4 is 16.1 Å². The molecule has 134 valence electrons. The number of hydrogen-bond acceptors (Lipinski definition) is 4. The van der Waals surface area contributed by atoms with E-state index in [1.807, 2.05) is 0 Å². The second kappa shape index (κ2) is 5.96. The van der Waals surface area contributed by atoms with Crippen LogP contribution in [-0.4, -0.2) is 36.5 Å². The molecule has 5 nitrogen and oxygen atoms in total. The van der Waals surface area contributed by atoms with E-state index in [4.69, 9.17) is 4.55 Å². The molecular weight excluding hydrogens is 363 g/mol. The quantitative estimate of drug-likeness (QED) is 0.497. The average Bonchev–Trinajstić information content (AvgIpc) is 2.85. The van der Waals surface area contributed by atoms with E-state index in [-0.39, 0.29) is 12.8 Å². The fraction of sp³-hybridized carbons (Fsp3) is 0.462. The van der Waals surface area contributed by atoms with E-state index in [9.17, 15) is 35.2 Å². The first-order valence-electron chi connectivity index (χ1n) is 6.53. The van der Waals surface area contributed by atoms with Gasteiger partial charge in [0.05, 0.1) is 5.92 Å². The van der Waals surface area contributed by atoms with Gasteiger partial charge in [0.15, 0.2) is 0 Å². The molecule has 1 aliphatic carbocycles. The molecule has 0 aliphatic heterocycles. The zero-order valence-electron chi connectivity index (χ0n) is 11.8. The number of alkyl halides is 5. The number of halogens is 5. The van der Waals surface area contributed by atoms with Crippen LogP contribution in [0.2, 0.25) is 0 Å². The van der Waals surface area contributed by atoms with Crippen LogP contribution in [0.15, 0.2) is 24.3 Å². The van der Waals surface area contributed by atoms with Crippen LogP contribution in [0.3, 0.4) is 0 Å². The number of carbonyl (C=O) groups is 1. The molecule has 11 heteroatoms. The van der Waals surface area contributed by atoms with Crippen molar-refractivity contribution < 1.29 is 44.5 Å². The predicted octanol–water partition coefficient (Wildman–Crippen LogP) is 2.36. The molecule has 0 aromatic heterocycles. The van der Waals surface area contributed by atoms with Crippen molar-refractivity contribution in [3.63, 3.8) is 0 Å². The normalized spacial score (nSPS) is 17.4. The molecular formula is C13H11F5O5S. The van der Waals surface area contributed by atoms with Crippen LogP contribution in [-0.2, 0) is 32.5 Å². The smallest absolute Gasteiger partial charge is 0.432 e. The van der Waals surface area contributed by atoms with E-state index in [1.165, 1.54) is 0 Å². The molecule has 1 unspecified atom stereocenters. The first-order chi connectivity index (χ1) is 10.8. The van der Waals surface area contributed by atoms with Gasteiger partial charge in [-0.2, -0.15) is 30.4 Å². The fourth-order valence-electron chi connectivity index (χ4n) is 2.40. The Kier molecular flexibility index (Phi) is 4.61. The summed E-state index contributed by atoms with van der Waals surface area (Å²) in [4.78, 5) is 11.8. The van der Waals surface area contributed by atoms with Crippen LogP contribution < -0.4 is 0 Å². The molecule has 1 N–H and O–H groups in total. The highest BCUT2D eigenvalue weighted by atomic mass is 32.2. The molecule has 1 aliphatic rings.